The van der Waals surface area contributed by atoms with E-state index in [1.807, 2.05) is 17.3 Å². The van der Waals surface area contributed by atoms with Crippen molar-refractivity contribution in [1.29, 1.82) is 0 Å². The molecule has 0 unspecified atom stereocenters. The van der Waals surface area contributed by atoms with Crippen LogP contribution < -0.4 is 0 Å². The number of aromatic amines is 1. The number of aromatic nitrogens is 3. The van der Waals surface area contributed by atoms with Gasteiger partial charge < -0.3 is 14.6 Å². The lowest BCUT2D eigenvalue weighted by Crippen LogP contribution is -2.50. The maximum Gasteiger partial charge on any atom is 0.271 e. The van der Waals surface area contributed by atoms with Gasteiger partial charge in [0.15, 0.2) is 0 Å². The molecule has 2 aromatic rings. The van der Waals surface area contributed by atoms with Gasteiger partial charge in [-0.05, 0) is 30.5 Å². The van der Waals surface area contributed by atoms with E-state index in [2.05, 4.69) is 32.0 Å². The Balaban J connectivity index is 1.44. The van der Waals surface area contributed by atoms with E-state index in [-0.39, 0.29) is 12.0 Å². The number of hydrogen-bond donors (Lipinski definition) is 1. The van der Waals surface area contributed by atoms with Gasteiger partial charge in [-0.2, -0.15) is 0 Å². The van der Waals surface area contributed by atoms with Crippen LogP contribution in [0.15, 0.2) is 37.1 Å². The summed E-state index contributed by atoms with van der Waals surface area (Å²) >= 11 is 0. The van der Waals surface area contributed by atoms with E-state index in [1.54, 1.807) is 12.5 Å². The zero-order chi connectivity index (χ0) is 17.1. The van der Waals surface area contributed by atoms with E-state index in [0.29, 0.717) is 11.7 Å². The van der Waals surface area contributed by atoms with Crippen LogP contribution in [0.25, 0.3) is 0 Å². The standard InChI is InChI=1S/C18H23N5O2/c24-18(15-11-20-13-21-15)22-7-3-16-17(4-8-22)25-10-9-23(16)12-14-1-5-19-6-2-14/h1-2,5-6,11,13,16-17H,3-4,7-10,12H2,(H,20,21)/t16-,17-/m0/s1. The molecule has 0 spiro atoms. The minimum absolute atomic E-state index is 0.0248. The molecule has 2 aromatic heterocycles. The third kappa shape index (κ3) is 3.57. The van der Waals surface area contributed by atoms with Crippen LogP contribution >= 0.6 is 0 Å². The summed E-state index contributed by atoms with van der Waals surface area (Å²) in [4.78, 5) is 27.9. The zero-order valence-electron chi connectivity index (χ0n) is 14.2. The lowest BCUT2D eigenvalue weighted by Gasteiger charge is -2.40. The zero-order valence-corrected chi connectivity index (χ0v) is 14.2. The lowest BCUT2D eigenvalue weighted by atomic mass is 10.0. The molecule has 0 saturated carbocycles. The third-order valence-electron chi connectivity index (χ3n) is 5.14. The van der Waals surface area contributed by atoms with Gasteiger partial charge in [0.05, 0.1) is 25.2 Å². The van der Waals surface area contributed by atoms with Gasteiger partial charge in [0.1, 0.15) is 5.69 Å². The Morgan fingerprint density at radius 3 is 2.84 bits per heavy atom. The summed E-state index contributed by atoms with van der Waals surface area (Å²) in [7, 11) is 0. The fourth-order valence-electron chi connectivity index (χ4n) is 3.83. The number of rotatable bonds is 3. The number of ether oxygens (including phenoxy) is 1. The smallest absolute Gasteiger partial charge is 0.271 e. The molecule has 2 saturated heterocycles. The SMILES string of the molecule is O=C(c1cnc[nH]1)N1CC[C@@H]2OCCN(Cc3ccncc3)[C@H]2CC1. The first-order valence-corrected chi connectivity index (χ1v) is 8.83. The Hall–Kier alpha value is -2.25. The lowest BCUT2D eigenvalue weighted by molar-refractivity contribution is -0.0746. The molecule has 0 bridgehead atoms. The van der Waals surface area contributed by atoms with Crippen molar-refractivity contribution in [3.63, 3.8) is 0 Å². The molecule has 132 valence electrons. The Labute approximate surface area is 147 Å². The molecule has 4 rings (SSSR count). The number of pyridine rings is 1. The van der Waals surface area contributed by atoms with Crippen molar-refractivity contribution in [3.05, 3.63) is 48.3 Å². The second kappa shape index (κ2) is 7.33. The number of carbonyl (C=O) groups is 1. The van der Waals surface area contributed by atoms with Gasteiger partial charge in [0.25, 0.3) is 5.91 Å². The van der Waals surface area contributed by atoms with Crippen molar-refractivity contribution in [2.24, 2.45) is 0 Å². The molecule has 4 heterocycles. The summed E-state index contributed by atoms with van der Waals surface area (Å²) < 4.78 is 6.04. The number of H-pyrrole nitrogens is 1. The number of imidazole rings is 1. The van der Waals surface area contributed by atoms with E-state index in [9.17, 15) is 4.79 Å². The predicted octanol–water partition coefficient (Wildman–Crippen LogP) is 1.31. The number of likely N-dealkylation sites (tertiary alicyclic amines) is 1. The highest BCUT2D eigenvalue weighted by atomic mass is 16.5. The van der Waals surface area contributed by atoms with E-state index in [1.165, 1.54) is 5.56 Å². The molecule has 2 aliphatic heterocycles. The molecule has 2 fully saturated rings. The highest BCUT2D eigenvalue weighted by Crippen LogP contribution is 2.25. The Kier molecular flexibility index (Phi) is 4.76. The number of morpholine rings is 1. The van der Waals surface area contributed by atoms with Gasteiger partial charge >= 0.3 is 0 Å². The highest BCUT2D eigenvalue weighted by Gasteiger charge is 2.35. The van der Waals surface area contributed by atoms with Crippen molar-refractivity contribution < 1.29 is 9.53 Å². The molecular formula is C18H23N5O2. The maximum absolute atomic E-state index is 12.6. The van der Waals surface area contributed by atoms with Crippen molar-refractivity contribution in [2.75, 3.05) is 26.2 Å². The van der Waals surface area contributed by atoms with Crippen molar-refractivity contribution in [2.45, 2.75) is 31.5 Å². The fourth-order valence-corrected chi connectivity index (χ4v) is 3.83. The van der Waals surface area contributed by atoms with E-state index < -0.39 is 0 Å². The molecule has 0 aliphatic carbocycles. The van der Waals surface area contributed by atoms with Crippen LogP contribution in [0.5, 0.6) is 0 Å². The van der Waals surface area contributed by atoms with Crippen LogP contribution in [0.2, 0.25) is 0 Å². The predicted molar refractivity (Wildman–Crippen MR) is 91.9 cm³/mol. The second-order valence-corrected chi connectivity index (χ2v) is 6.64. The summed E-state index contributed by atoms with van der Waals surface area (Å²) in [6.07, 6.45) is 8.80. The van der Waals surface area contributed by atoms with Gasteiger partial charge in [-0.1, -0.05) is 0 Å². The molecule has 2 aliphatic rings. The Bertz CT molecular complexity index is 691. The topological polar surface area (TPSA) is 74.3 Å². The molecule has 1 amide bonds. The van der Waals surface area contributed by atoms with Crippen molar-refractivity contribution in [3.8, 4) is 0 Å². The molecular weight excluding hydrogens is 318 g/mol. The van der Waals surface area contributed by atoms with Crippen LogP contribution in [0, 0.1) is 0 Å². The number of carbonyl (C=O) groups excluding carboxylic acids is 1. The minimum Gasteiger partial charge on any atom is -0.375 e. The quantitative estimate of drug-likeness (QED) is 0.911. The molecule has 0 radical (unpaired) electrons. The number of hydrogen-bond acceptors (Lipinski definition) is 5. The summed E-state index contributed by atoms with van der Waals surface area (Å²) in [5.74, 6) is 0.0248. The van der Waals surface area contributed by atoms with E-state index >= 15 is 0 Å². The van der Waals surface area contributed by atoms with Crippen molar-refractivity contribution >= 4 is 5.91 Å². The first kappa shape index (κ1) is 16.2. The highest BCUT2D eigenvalue weighted by molar-refractivity contribution is 5.92. The van der Waals surface area contributed by atoms with Gasteiger partial charge in [-0.3, -0.25) is 14.7 Å². The van der Waals surface area contributed by atoms with Gasteiger partial charge in [-0.25, -0.2) is 4.98 Å². The second-order valence-electron chi connectivity index (χ2n) is 6.64. The Morgan fingerprint density at radius 1 is 1.20 bits per heavy atom. The third-order valence-corrected chi connectivity index (χ3v) is 5.14. The average Bonchev–Trinajstić information content (AvgIpc) is 3.09. The van der Waals surface area contributed by atoms with E-state index in [4.69, 9.17) is 4.74 Å². The summed E-state index contributed by atoms with van der Waals surface area (Å²) in [6, 6.07) is 4.48. The summed E-state index contributed by atoms with van der Waals surface area (Å²) in [5.41, 5.74) is 1.82. The molecule has 7 nitrogen and oxygen atoms in total. The number of nitrogens with one attached hydrogen (secondary N) is 1. The summed E-state index contributed by atoms with van der Waals surface area (Å²) in [5, 5.41) is 0. The number of nitrogens with zero attached hydrogens (tertiary/aromatic N) is 4. The van der Waals surface area contributed by atoms with Crippen LogP contribution in [0.3, 0.4) is 0 Å². The van der Waals surface area contributed by atoms with Crippen LogP contribution in [0.1, 0.15) is 28.9 Å². The largest absolute Gasteiger partial charge is 0.375 e. The van der Waals surface area contributed by atoms with Crippen LogP contribution in [-0.4, -0.2) is 69.0 Å². The maximum atomic E-state index is 12.6. The van der Waals surface area contributed by atoms with Gasteiger partial charge in [0, 0.05) is 44.6 Å². The minimum atomic E-state index is 0.0248. The number of amides is 1. The van der Waals surface area contributed by atoms with Gasteiger partial charge in [0.2, 0.25) is 0 Å². The normalized spacial score (nSPS) is 24.6. The fraction of sp³-hybridized carbons (Fsp3) is 0.500. The molecule has 7 heteroatoms. The average molecular weight is 341 g/mol. The van der Waals surface area contributed by atoms with E-state index in [0.717, 1.165) is 45.6 Å². The monoisotopic (exact) mass is 341 g/mol. The number of fused-ring (bicyclic) bond motifs is 1. The molecule has 0 aromatic carbocycles. The first-order chi connectivity index (χ1) is 12.3. The molecule has 1 N–H and O–H groups in total. The Morgan fingerprint density at radius 2 is 2.04 bits per heavy atom. The van der Waals surface area contributed by atoms with Crippen molar-refractivity contribution in [1.82, 2.24) is 24.8 Å². The van der Waals surface area contributed by atoms with Gasteiger partial charge in [-0.15, -0.1) is 0 Å². The molecule has 2 atom stereocenters. The molecule has 25 heavy (non-hydrogen) atoms. The van der Waals surface area contributed by atoms with Crippen LogP contribution in [0.4, 0.5) is 0 Å². The summed E-state index contributed by atoms with van der Waals surface area (Å²) in [6.45, 7) is 4.05. The first-order valence-electron chi connectivity index (χ1n) is 8.83. The van der Waals surface area contributed by atoms with Crippen LogP contribution in [-0.2, 0) is 11.3 Å².